The molecule has 108 valence electrons. The Labute approximate surface area is 123 Å². The smallest absolute Gasteiger partial charge is 0.311 e. The van der Waals surface area contributed by atoms with Crippen LogP contribution in [0.5, 0.6) is 5.75 Å². The van der Waals surface area contributed by atoms with E-state index in [0.29, 0.717) is 16.9 Å². The van der Waals surface area contributed by atoms with Gasteiger partial charge in [0.1, 0.15) is 5.75 Å². The molecule has 0 aliphatic rings. The Morgan fingerprint density at radius 3 is 2.43 bits per heavy atom. The van der Waals surface area contributed by atoms with Gasteiger partial charge in [0.15, 0.2) is 5.78 Å². The first-order valence-corrected chi connectivity index (χ1v) is 6.57. The number of carbonyl (C=O) groups excluding carboxylic acids is 1. The zero-order valence-electron chi connectivity index (χ0n) is 11.7. The first-order valence-electron chi connectivity index (χ1n) is 6.57. The molecule has 2 aromatic carbocycles. The van der Waals surface area contributed by atoms with Crippen molar-refractivity contribution in [3.8, 4) is 5.75 Å². The predicted octanol–water partition coefficient (Wildman–Crippen LogP) is 3.14. The highest BCUT2D eigenvalue weighted by molar-refractivity contribution is 5.99. The molecule has 0 aliphatic heterocycles. The number of carboxylic acids is 1. The molecule has 0 aromatic heterocycles. The van der Waals surface area contributed by atoms with E-state index < -0.39 is 11.9 Å². The van der Waals surface area contributed by atoms with Crippen LogP contribution in [0, 0.1) is 0 Å². The van der Waals surface area contributed by atoms with Crippen LogP contribution in [0.25, 0.3) is 0 Å². The van der Waals surface area contributed by atoms with Crippen LogP contribution in [-0.2, 0) is 4.79 Å². The number of carboxylic acid groups (broad SMARTS) is 1. The summed E-state index contributed by atoms with van der Waals surface area (Å²) in [5.74, 6) is -1.49. The van der Waals surface area contributed by atoms with Gasteiger partial charge in [-0.2, -0.15) is 0 Å². The van der Waals surface area contributed by atoms with Gasteiger partial charge in [-0.1, -0.05) is 42.5 Å². The molecule has 2 rings (SSSR count). The van der Waals surface area contributed by atoms with Gasteiger partial charge in [-0.25, -0.2) is 0 Å². The van der Waals surface area contributed by atoms with Crippen molar-refractivity contribution in [3.63, 3.8) is 0 Å². The van der Waals surface area contributed by atoms with E-state index in [9.17, 15) is 14.7 Å². The van der Waals surface area contributed by atoms with Crippen LogP contribution in [0.15, 0.2) is 54.6 Å². The van der Waals surface area contributed by atoms with Crippen LogP contribution in [0.1, 0.15) is 28.3 Å². The number of hydrogen-bond donors (Lipinski definition) is 1. The fourth-order valence-corrected chi connectivity index (χ4v) is 2.13. The van der Waals surface area contributed by atoms with Crippen LogP contribution in [0.2, 0.25) is 0 Å². The Kier molecular flexibility index (Phi) is 4.72. The second-order valence-electron chi connectivity index (χ2n) is 4.66. The van der Waals surface area contributed by atoms with Gasteiger partial charge in [-0.3, -0.25) is 9.59 Å². The van der Waals surface area contributed by atoms with Crippen molar-refractivity contribution in [1.29, 1.82) is 0 Å². The quantitative estimate of drug-likeness (QED) is 0.828. The molecule has 4 nitrogen and oxygen atoms in total. The van der Waals surface area contributed by atoms with E-state index in [-0.39, 0.29) is 12.2 Å². The van der Waals surface area contributed by atoms with Crippen molar-refractivity contribution in [3.05, 3.63) is 65.7 Å². The van der Waals surface area contributed by atoms with Gasteiger partial charge in [0.2, 0.25) is 0 Å². The maximum absolute atomic E-state index is 12.3. The molecule has 0 spiro atoms. The number of Topliss-reactive ketones (excluding diaryl/α,β-unsaturated/α-hetero) is 1. The van der Waals surface area contributed by atoms with Crippen LogP contribution < -0.4 is 4.74 Å². The van der Waals surface area contributed by atoms with Gasteiger partial charge >= 0.3 is 5.97 Å². The van der Waals surface area contributed by atoms with Crippen molar-refractivity contribution in [2.75, 3.05) is 7.11 Å². The predicted molar refractivity (Wildman–Crippen MR) is 78.8 cm³/mol. The van der Waals surface area contributed by atoms with Crippen molar-refractivity contribution in [1.82, 2.24) is 0 Å². The minimum atomic E-state index is -1.00. The summed E-state index contributed by atoms with van der Waals surface area (Å²) >= 11 is 0. The fraction of sp³-hybridized carbons (Fsp3) is 0.176. The molecule has 1 N–H and O–H groups in total. The van der Waals surface area contributed by atoms with Crippen molar-refractivity contribution in [2.24, 2.45) is 0 Å². The fourth-order valence-electron chi connectivity index (χ4n) is 2.13. The van der Waals surface area contributed by atoms with E-state index in [2.05, 4.69) is 0 Å². The molecule has 0 aliphatic carbocycles. The average Bonchev–Trinajstić information content (AvgIpc) is 2.53. The number of benzene rings is 2. The van der Waals surface area contributed by atoms with E-state index in [1.807, 2.05) is 6.07 Å². The van der Waals surface area contributed by atoms with Crippen LogP contribution in [0.4, 0.5) is 0 Å². The van der Waals surface area contributed by atoms with Crippen LogP contribution in [-0.4, -0.2) is 24.0 Å². The lowest BCUT2D eigenvalue weighted by atomic mass is 9.91. The summed E-state index contributed by atoms with van der Waals surface area (Å²) < 4.78 is 5.07. The number of hydrogen-bond acceptors (Lipinski definition) is 3. The van der Waals surface area contributed by atoms with E-state index in [1.54, 1.807) is 48.5 Å². The highest BCUT2D eigenvalue weighted by Crippen LogP contribution is 2.23. The van der Waals surface area contributed by atoms with E-state index in [0.717, 1.165) is 0 Å². The number of rotatable bonds is 6. The summed E-state index contributed by atoms with van der Waals surface area (Å²) in [5, 5.41) is 9.35. The van der Waals surface area contributed by atoms with Crippen molar-refractivity contribution < 1.29 is 19.4 Å². The highest BCUT2D eigenvalue weighted by atomic mass is 16.5. The number of ether oxygens (including phenoxy) is 1. The molecule has 0 radical (unpaired) electrons. The molecule has 0 heterocycles. The molecular weight excluding hydrogens is 268 g/mol. The lowest BCUT2D eigenvalue weighted by Gasteiger charge is -2.12. The second-order valence-corrected chi connectivity index (χ2v) is 4.66. The first-order chi connectivity index (χ1) is 10.1. The first kappa shape index (κ1) is 14.8. The lowest BCUT2D eigenvalue weighted by Crippen LogP contribution is -2.16. The zero-order chi connectivity index (χ0) is 15.2. The largest absolute Gasteiger partial charge is 0.497 e. The molecule has 0 fully saturated rings. The zero-order valence-corrected chi connectivity index (χ0v) is 11.7. The summed E-state index contributed by atoms with van der Waals surface area (Å²) in [7, 11) is 1.52. The number of carbonyl (C=O) groups is 2. The summed E-state index contributed by atoms with van der Waals surface area (Å²) in [4.78, 5) is 23.7. The lowest BCUT2D eigenvalue weighted by molar-refractivity contribution is -0.138. The summed E-state index contributed by atoms with van der Waals surface area (Å²) in [6.07, 6.45) is -0.0769. The summed E-state index contributed by atoms with van der Waals surface area (Å²) in [5.41, 5.74) is 1.08. The van der Waals surface area contributed by atoms with Crippen molar-refractivity contribution in [2.45, 2.75) is 12.3 Å². The van der Waals surface area contributed by atoms with Gasteiger partial charge in [0.25, 0.3) is 0 Å². The normalized spacial score (nSPS) is 11.7. The molecule has 4 heteroatoms. The Balaban J connectivity index is 2.21. The molecule has 21 heavy (non-hydrogen) atoms. The molecule has 0 bridgehead atoms. The third-order valence-corrected chi connectivity index (χ3v) is 3.28. The second kappa shape index (κ2) is 6.70. The van der Waals surface area contributed by atoms with Gasteiger partial charge in [-0.15, -0.1) is 0 Å². The molecule has 0 saturated heterocycles. The standard InChI is InChI=1S/C17H16O4/c1-21-14-9-5-8-13(10-14)16(18)11-15(17(19)20)12-6-3-2-4-7-12/h2-10,15H,11H2,1H3,(H,19,20)/t15-/m1/s1. The van der Waals surface area contributed by atoms with E-state index in [4.69, 9.17) is 4.74 Å². The Bertz CT molecular complexity index is 634. The van der Waals surface area contributed by atoms with E-state index >= 15 is 0 Å². The summed E-state index contributed by atoms with van der Waals surface area (Å²) in [6, 6.07) is 15.5. The average molecular weight is 284 g/mol. The minimum absolute atomic E-state index is 0.0769. The number of ketones is 1. The molecule has 1 atom stereocenters. The van der Waals surface area contributed by atoms with Gasteiger partial charge in [0.05, 0.1) is 13.0 Å². The van der Waals surface area contributed by atoms with Crippen LogP contribution >= 0.6 is 0 Å². The van der Waals surface area contributed by atoms with Crippen LogP contribution in [0.3, 0.4) is 0 Å². The highest BCUT2D eigenvalue weighted by Gasteiger charge is 2.23. The molecule has 0 amide bonds. The van der Waals surface area contributed by atoms with Gasteiger partial charge in [0, 0.05) is 12.0 Å². The number of methoxy groups -OCH3 is 1. The topological polar surface area (TPSA) is 63.6 Å². The minimum Gasteiger partial charge on any atom is -0.497 e. The Morgan fingerprint density at radius 2 is 1.81 bits per heavy atom. The Morgan fingerprint density at radius 1 is 1.10 bits per heavy atom. The Hall–Kier alpha value is -2.62. The monoisotopic (exact) mass is 284 g/mol. The third-order valence-electron chi connectivity index (χ3n) is 3.28. The SMILES string of the molecule is COc1cccc(C(=O)C[C@@H](C(=O)O)c2ccccc2)c1. The van der Waals surface area contributed by atoms with Gasteiger partial charge in [-0.05, 0) is 17.7 Å². The molecule has 0 saturated carbocycles. The molecular formula is C17H16O4. The molecule has 0 unspecified atom stereocenters. The number of aliphatic carboxylic acids is 1. The van der Waals surface area contributed by atoms with Gasteiger partial charge < -0.3 is 9.84 Å². The van der Waals surface area contributed by atoms with E-state index in [1.165, 1.54) is 7.11 Å². The molecule has 2 aromatic rings. The maximum atomic E-state index is 12.3. The maximum Gasteiger partial charge on any atom is 0.311 e. The van der Waals surface area contributed by atoms with Crippen molar-refractivity contribution >= 4 is 11.8 Å². The third kappa shape index (κ3) is 3.69. The summed E-state index contributed by atoms with van der Waals surface area (Å²) in [6.45, 7) is 0.